The second kappa shape index (κ2) is 19.3. The van der Waals surface area contributed by atoms with Crippen molar-refractivity contribution in [3.63, 3.8) is 0 Å². The lowest BCUT2D eigenvalue weighted by molar-refractivity contribution is 0.868. The maximum Gasteiger partial charge on any atom is 0.0703 e. The summed E-state index contributed by atoms with van der Waals surface area (Å²) in [6.45, 7) is 6.86. The van der Waals surface area contributed by atoms with Crippen LogP contribution in [0.5, 0.6) is 0 Å². The monoisotopic (exact) mass is 1000 g/mol. The van der Waals surface area contributed by atoms with Crippen LogP contribution in [0.3, 0.4) is 0 Å². The van der Waals surface area contributed by atoms with E-state index < -0.39 is 0 Å². The molecule has 4 heteroatoms. The largest absolute Gasteiger partial charge is 0.306 e. The number of para-hydroxylation sites is 10. The number of benzene rings is 12. The molecule has 0 saturated heterocycles. The van der Waals surface area contributed by atoms with E-state index in [0.29, 0.717) is 5.92 Å². The summed E-state index contributed by atoms with van der Waals surface area (Å²) < 4.78 is 0. The Hall–Kier alpha value is -9.90. The summed E-state index contributed by atoms with van der Waals surface area (Å²) in [4.78, 5) is 9.68. The molecule has 2 aliphatic heterocycles. The molecule has 12 aromatic rings. The summed E-state index contributed by atoms with van der Waals surface area (Å²) in [7, 11) is 0. The molecule has 0 aliphatic carbocycles. The number of fused-ring (bicyclic) bond motifs is 6. The van der Waals surface area contributed by atoms with Crippen molar-refractivity contribution in [1.82, 2.24) is 0 Å². The topological polar surface area (TPSA) is 13.0 Å². The van der Waals surface area contributed by atoms with Gasteiger partial charge in [0.15, 0.2) is 0 Å². The first kappa shape index (κ1) is 46.6. The summed E-state index contributed by atoms with van der Waals surface area (Å²) in [6.07, 6.45) is 4.51. The van der Waals surface area contributed by atoms with E-state index in [-0.39, 0.29) is 0 Å². The smallest absolute Gasteiger partial charge is 0.0703 e. The number of hydrogen-bond donors (Lipinski definition) is 0. The maximum absolute atomic E-state index is 2.50. The van der Waals surface area contributed by atoms with Gasteiger partial charge in [-0.2, -0.15) is 0 Å². The molecule has 12 aromatic carbocycles. The first-order chi connectivity index (χ1) is 38.5. The van der Waals surface area contributed by atoms with E-state index in [4.69, 9.17) is 0 Å². The van der Waals surface area contributed by atoms with Crippen molar-refractivity contribution in [3.05, 3.63) is 289 Å². The number of aryl methyl sites for hydroxylation is 1. The van der Waals surface area contributed by atoms with E-state index in [1.54, 1.807) is 0 Å². The van der Waals surface area contributed by atoms with Crippen molar-refractivity contribution in [2.45, 2.75) is 26.7 Å². The van der Waals surface area contributed by atoms with Crippen molar-refractivity contribution in [2.75, 3.05) is 19.6 Å². The van der Waals surface area contributed by atoms with E-state index >= 15 is 0 Å². The number of anilines is 12. The summed E-state index contributed by atoms with van der Waals surface area (Å²) in [5.74, 6) is 0.330. The SMILES string of the molecule is Cc1cc(N2c3ccccc3N(c3ccccc3)c3ccccc32)ccc1-c1ccc(/C=C/c2ccc(-c3c4ccccc4c(N4c5ccccc5N(c5ccccc5)c5ccccc54)c4ccccc34)cc2)cc1C(C)C. The Morgan fingerprint density at radius 2 is 0.679 bits per heavy atom. The molecule has 0 fully saturated rings. The van der Waals surface area contributed by atoms with E-state index in [1.807, 2.05) is 0 Å². The summed E-state index contributed by atoms with van der Waals surface area (Å²) in [6, 6.07) is 97.4. The third kappa shape index (κ3) is 7.83. The van der Waals surface area contributed by atoms with Crippen molar-refractivity contribution in [1.29, 1.82) is 0 Å². The molecule has 372 valence electrons. The Balaban J connectivity index is 0.781. The average Bonchev–Trinajstić information content (AvgIpc) is 3.63. The summed E-state index contributed by atoms with van der Waals surface area (Å²) in [5, 5.41) is 4.85. The average molecular weight is 1000 g/mol. The van der Waals surface area contributed by atoms with Crippen molar-refractivity contribution >= 4 is 102 Å². The van der Waals surface area contributed by atoms with Crippen LogP contribution in [-0.2, 0) is 0 Å². The highest BCUT2D eigenvalue weighted by Crippen LogP contribution is 2.58. The van der Waals surface area contributed by atoms with Crippen LogP contribution >= 0.6 is 0 Å². The van der Waals surface area contributed by atoms with Crippen molar-refractivity contribution in [3.8, 4) is 22.3 Å². The van der Waals surface area contributed by atoms with Crippen LogP contribution in [0.15, 0.2) is 267 Å². The Morgan fingerprint density at radius 1 is 0.308 bits per heavy atom. The van der Waals surface area contributed by atoms with Gasteiger partial charge in [0.05, 0.1) is 51.2 Å². The van der Waals surface area contributed by atoms with Gasteiger partial charge in [0.2, 0.25) is 0 Å². The zero-order chi connectivity index (χ0) is 52.3. The molecular formula is C74H56N4. The van der Waals surface area contributed by atoms with Gasteiger partial charge in [0.1, 0.15) is 0 Å². The molecule has 0 aromatic heterocycles. The molecule has 0 spiro atoms. The highest BCUT2D eigenvalue weighted by atomic mass is 15.3. The lowest BCUT2D eigenvalue weighted by atomic mass is 9.88. The van der Waals surface area contributed by atoms with Gasteiger partial charge in [-0.15, -0.1) is 0 Å². The zero-order valence-electron chi connectivity index (χ0n) is 43.9. The minimum atomic E-state index is 0.330. The summed E-state index contributed by atoms with van der Waals surface area (Å²) in [5.41, 5.74) is 23.7. The lowest BCUT2D eigenvalue weighted by Gasteiger charge is -2.41. The zero-order valence-corrected chi connectivity index (χ0v) is 43.9. The van der Waals surface area contributed by atoms with E-state index in [0.717, 1.165) is 68.1 Å². The molecule has 0 bridgehead atoms. The van der Waals surface area contributed by atoms with Crippen LogP contribution in [0.1, 0.15) is 42.0 Å². The van der Waals surface area contributed by atoms with Crippen LogP contribution in [0, 0.1) is 6.92 Å². The van der Waals surface area contributed by atoms with Crippen LogP contribution in [0.4, 0.5) is 68.2 Å². The quantitative estimate of drug-likeness (QED) is 0.106. The van der Waals surface area contributed by atoms with E-state index in [1.165, 1.54) is 66.2 Å². The third-order valence-corrected chi connectivity index (χ3v) is 15.7. The Bertz CT molecular complexity index is 4120. The van der Waals surface area contributed by atoms with E-state index in [2.05, 4.69) is 319 Å². The van der Waals surface area contributed by atoms with Crippen LogP contribution in [0.2, 0.25) is 0 Å². The predicted octanol–water partition coefficient (Wildman–Crippen LogP) is 21.4. The van der Waals surface area contributed by atoms with Gasteiger partial charge < -0.3 is 19.6 Å². The molecule has 0 N–H and O–H groups in total. The lowest BCUT2D eigenvalue weighted by Crippen LogP contribution is -2.24. The fraction of sp³-hybridized carbons (Fsp3) is 0.0541. The molecule has 2 aliphatic rings. The maximum atomic E-state index is 2.50. The minimum absolute atomic E-state index is 0.330. The highest BCUT2D eigenvalue weighted by molar-refractivity contribution is 6.23. The Kier molecular flexibility index (Phi) is 11.6. The molecule has 0 radical (unpaired) electrons. The van der Waals surface area contributed by atoms with Gasteiger partial charge in [-0.25, -0.2) is 0 Å². The summed E-state index contributed by atoms with van der Waals surface area (Å²) >= 11 is 0. The molecule has 4 nitrogen and oxygen atoms in total. The molecule has 14 rings (SSSR count). The second-order valence-corrected chi connectivity index (χ2v) is 20.7. The highest BCUT2D eigenvalue weighted by Gasteiger charge is 2.33. The van der Waals surface area contributed by atoms with Gasteiger partial charge in [-0.3, -0.25) is 0 Å². The Labute approximate surface area is 457 Å². The van der Waals surface area contributed by atoms with Gasteiger partial charge >= 0.3 is 0 Å². The third-order valence-electron chi connectivity index (χ3n) is 15.7. The normalized spacial score (nSPS) is 12.8. The van der Waals surface area contributed by atoms with Gasteiger partial charge in [0, 0.05) is 27.8 Å². The molecular weight excluding hydrogens is 945 g/mol. The van der Waals surface area contributed by atoms with Gasteiger partial charge in [0.25, 0.3) is 0 Å². The van der Waals surface area contributed by atoms with E-state index in [9.17, 15) is 0 Å². The molecule has 0 atom stereocenters. The minimum Gasteiger partial charge on any atom is -0.306 e. The number of hydrogen-bond acceptors (Lipinski definition) is 4. The van der Waals surface area contributed by atoms with Gasteiger partial charge in [-0.05, 0) is 153 Å². The Morgan fingerprint density at radius 3 is 1.13 bits per heavy atom. The second-order valence-electron chi connectivity index (χ2n) is 20.7. The van der Waals surface area contributed by atoms with Crippen molar-refractivity contribution < 1.29 is 0 Å². The molecule has 0 saturated carbocycles. The predicted molar refractivity (Wildman–Crippen MR) is 332 cm³/mol. The number of nitrogens with zero attached hydrogens (tertiary/aromatic N) is 4. The molecule has 78 heavy (non-hydrogen) atoms. The number of rotatable bonds is 9. The van der Waals surface area contributed by atoms with Crippen LogP contribution < -0.4 is 19.6 Å². The first-order valence-corrected chi connectivity index (χ1v) is 27.1. The molecule has 0 amide bonds. The fourth-order valence-electron chi connectivity index (χ4n) is 12.2. The first-order valence-electron chi connectivity index (χ1n) is 27.1. The molecule has 2 heterocycles. The van der Waals surface area contributed by atoms with Crippen LogP contribution in [-0.4, -0.2) is 0 Å². The van der Waals surface area contributed by atoms with Gasteiger partial charge in [-0.1, -0.05) is 208 Å². The standard InChI is InChI=1S/C74H56N4/c1-50(2)64-49-53(42-46-59(64)58-47-45-57(48-51(58)3)77-67-32-16-14-30-65(67)75(55-22-6-4-7-23-55)66-31-15-17-33-68(66)77)39-38-52-40-43-54(44-41-52)73-60-26-10-12-28-62(60)74(63-29-13-11-27-61(63)73)78-71-36-20-18-34-69(71)76(56-24-8-5-9-25-56)70-35-19-21-37-72(70)78/h4-50H,1-3H3/b39-38+. The van der Waals surface area contributed by atoms with Crippen molar-refractivity contribution in [2.24, 2.45) is 0 Å². The molecule has 0 unspecified atom stereocenters. The van der Waals surface area contributed by atoms with Crippen LogP contribution in [0.25, 0.3) is 56.0 Å². The fourth-order valence-corrected chi connectivity index (χ4v) is 12.2.